The average Bonchev–Trinajstić information content (AvgIpc) is 2.86. The molecule has 0 aromatic heterocycles. The fourth-order valence-electron chi connectivity index (χ4n) is 4.38. The molecule has 8 heteroatoms. The molecule has 35 heavy (non-hydrogen) atoms. The number of sulfonamides is 1. The number of anilines is 1. The Morgan fingerprint density at radius 3 is 2.43 bits per heavy atom. The maximum Gasteiger partial charge on any atom is 0.263 e. The number of benzene rings is 3. The molecule has 2 N–H and O–H groups in total. The molecule has 0 aliphatic carbocycles. The van der Waals surface area contributed by atoms with Gasteiger partial charge in [0.25, 0.3) is 15.9 Å². The monoisotopic (exact) mass is 512 g/mol. The van der Waals surface area contributed by atoms with Gasteiger partial charge in [0.15, 0.2) is 0 Å². The lowest BCUT2D eigenvalue weighted by molar-refractivity contribution is 0.0487. The Balaban J connectivity index is 1.56. The lowest BCUT2D eigenvalue weighted by Crippen LogP contribution is -2.44. The van der Waals surface area contributed by atoms with Crippen LogP contribution in [0.2, 0.25) is 5.02 Å². The number of carbonyl (C=O) groups excluding carboxylic acids is 1. The van der Waals surface area contributed by atoms with Crippen molar-refractivity contribution in [2.75, 3.05) is 24.5 Å². The number of carbonyl (C=O) groups is 1. The number of halogens is 1. The summed E-state index contributed by atoms with van der Waals surface area (Å²) in [7, 11) is -4.01. The molecular weight excluding hydrogens is 484 g/mol. The fraction of sp³-hybridized carbons (Fsp3) is 0.296. The first-order valence-corrected chi connectivity index (χ1v) is 13.4. The molecule has 184 valence electrons. The van der Waals surface area contributed by atoms with Gasteiger partial charge in [0.1, 0.15) is 4.90 Å². The van der Waals surface area contributed by atoms with Crippen molar-refractivity contribution < 1.29 is 17.9 Å². The van der Waals surface area contributed by atoms with E-state index in [1.54, 1.807) is 12.1 Å². The van der Waals surface area contributed by atoms with Crippen molar-refractivity contribution in [3.8, 4) is 0 Å². The fourth-order valence-corrected chi connectivity index (χ4v) is 6.03. The minimum Gasteiger partial charge on any atom is -0.381 e. The van der Waals surface area contributed by atoms with Crippen molar-refractivity contribution in [3.05, 3.63) is 94.0 Å². The first-order chi connectivity index (χ1) is 16.7. The number of hydrogen-bond acceptors (Lipinski definition) is 4. The third kappa shape index (κ3) is 5.53. The molecule has 1 heterocycles. The Hall–Kier alpha value is -2.87. The van der Waals surface area contributed by atoms with E-state index in [4.69, 9.17) is 16.3 Å². The molecule has 1 saturated heterocycles. The van der Waals surface area contributed by atoms with Crippen LogP contribution in [0.15, 0.2) is 71.6 Å². The highest BCUT2D eigenvalue weighted by Gasteiger charge is 2.35. The summed E-state index contributed by atoms with van der Waals surface area (Å²) in [4.78, 5) is 13.0. The zero-order valence-corrected chi connectivity index (χ0v) is 21.4. The normalized spacial score (nSPS) is 15.4. The molecule has 0 saturated carbocycles. The summed E-state index contributed by atoms with van der Waals surface area (Å²) in [5, 5.41) is 3.07. The van der Waals surface area contributed by atoms with Gasteiger partial charge < -0.3 is 10.1 Å². The molecule has 1 aliphatic rings. The van der Waals surface area contributed by atoms with Gasteiger partial charge in [-0.3, -0.25) is 9.52 Å². The van der Waals surface area contributed by atoms with Gasteiger partial charge in [-0.1, -0.05) is 54.1 Å². The molecular formula is C27H29ClN2O4S. The second-order valence-corrected chi connectivity index (χ2v) is 11.0. The molecule has 0 spiro atoms. The second-order valence-electron chi connectivity index (χ2n) is 8.94. The van der Waals surface area contributed by atoms with E-state index >= 15 is 0 Å². The van der Waals surface area contributed by atoms with E-state index in [9.17, 15) is 13.2 Å². The predicted octanol–water partition coefficient (Wildman–Crippen LogP) is 5.24. The summed E-state index contributed by atoms with van der Waals surface area (Å²) in [5.74, 6) is -0.355. The Labute approximate surface area is 211 Å². The van der Waals surface area contributed by atoms with Crippen LogP contribution in [0, 0.1) is 13.8 Å². The largest absolute Gasteiger partial charge is 0.381 e. The van der Waals surface area contributed by atoms with Crippen LogP contribution in [0.4, 0.5) is 5.69 Å². The summed E-state index contributed by atoms with van der Waals surface area (Å²) >= 11 is 6.26. The third-order valence-corrected chi connectivity index (χ3v) is 8.60. The van der Waals surface area contributed by atoms with Crippen LogP contribution in [-0.2, 0) is 20.2 Å². The number of amides is 1. The van der Waals surface area contributed by atoms with E-state index in [2.05, 4.69) is 22.2 Å². The summed E-state index contributed by atoms with van der Waals surface area (Å²) in [6, 6.07) is 19.8. The molecule has 1 aliphatic heterocycles. The van der Waals surface area contributed by atoms with Crippen molar-refractivity contribution in [3.63, 3.8) is 0 Å². The topological polar surface area (TPSA) is 84.5 Å². The van der Waals surface area contributed by atoms with Crippen LogP contribution < -0.4 is 10.0 Å². The average molecular weight is 513 g/mol. The third-order valence-electron chi connectivity index (χ3n) is 6.76. The Bertz CT molecular complexity index is 1320. The summed E-state index contributed by atoms with van der Waals surface area (Å²) in [6.45, 7) is 5.42. The number of hydrogen-bond donors (Lipinski definition) is 2. The molecule has 3 aromatic rings. The van der Waals surface area contributed by atoms with E-state index in [1.165, 1.54) is 18.2 Å². The number of rotatable bonds is 7. The number of nitrogens with one attached hydrogen (secondary N) is 2. The van der Waals surface area contributed by atoms with Gasteiger partial charge in [-0.2, -0.15) is 0 Å². The minimum absolute atomic E-state index is 0.0459. The van der Waals surface area contributed by atoms with E-state index < -0.39 is 10.0 Å². The van der Waals surface area contributed by atoms with Gasteiger partial charge in [0.05, 0.1) is 10.7 Å². The van der Waals surface area contributed by atoms with Crippen LogP contribution in [0.1, 0.15) is 39.9 Å². The van der Waals surface area contributed by atoms with Crippen molar-refractivity contribution in [2.45, 2.75) is 37.0 Å². The van der Waals surface area contributed by atoms with Gasteiger partial charge in [-0.05, 0) is 67.6 Å². The maximum atomic E-state index is 13.2. The lowest BCUT2D eigenvalue weighted by Gasteiger charge is -2.38. The van der Waals surface area contributed by atoms with Crippen LogP contribution >= 0.6 is 11.6 Å². The zero-order chi connectivity index (χ0) is 25.1. The molecule has 0 bridgehead atoms. The van der Waals surface area contributed by atoms with Crippen molar-refractivity contribution in [1.82, 2.24) is 5.32 Å². The van der Waals surface area contributed by atoms with Gasteiger partial charge in [0, 0.05) is 30.7 Å². The lowest BCUT2D eigenvalue weighted by atomic mass is 9.74. The summed E-state index contributed by atoms with van der Waals surface area (Å²) < 4.78 is 34.5. The van der Waals surface area contributed by atoms with Crippen LogP contribution in [0.25, 0.3) is 0 Å². The van der Waals surface area contributed by atoms with Crippen molar-refractivity contribution in [2.24, 2.45) is 0 Å². The second kappa shape index (κ2) is 10.4. The molecule has 4 rings (SSSR count). The van der Waals surface area contributed by atoms with E-state index in [0.717, 1.165) is 29.5 Å². The van der Waals surface area contributed by atoms with Gasteiger partial charge in [0.2, 0.25) is 0 Å². The first-order valence-electron chi connectivity index (χ1n) is 11.5. The molecule has 0 unspecified atom stereocenters. The number of aryl methyl sites for hydroxylation is 1. The highest BCUT2D eigenvalue weighted by Crippen LogP contribution is 2.34. The quantitative estimate of drug-likeness (QED) is 0.453. The molecule has 1 fully saturated rings. The predicted molar refractivity (Wildman–Crippen MR) is 139 cm³/mol. The van der Waals surface area contributed by atoms with E-state index in [0.29, 0.717) is 25.4 Å². The molecule has 6 nitrogen and oxygen atoms in total. The Kier molecular flexibility index (Phi) is 7.50. The Morgan fingerprint density at radius 2 is 1.71 bits per heavy atom. The SMILES string of the molecule is Cc1cccc(NS(=O)(=O)c2cc(C(=O)NCC3(c4ccccc4)CCOCC3)ccc2Cl)c1C. The van der Waals surface area contributed by atoms with Gasteiger partial charge >= 0.3 is 0 Å². The highest BCUT2D eigenvalue weighted by molar-refractivity contribution is 7.92. The summed E-state index contributed by atoms with van der Waals surface area (Å²) in [5.41, 5.74) is 3.40. The van der Waals surface area contributed by atoms with Crippen LogP contribution in [0.5, 0.6) is 0 Å². The van der Waals surface area contributed by atoms with E-state index in [-0.39, 0.29) is 26.8 Å². The van der Waals surface area contributed by atoms with Crippen LogP contribution in [-0.4, -0.2) is 34.1 Å². The van der Waals surface area contributed by atoms with E-state index in [1.807, 2.05) is 38.1 Å². The number of ether oxygens (including phenoxy) is 1. The standard InChI is InChI=1S/C27H29ClN2O4S/c1-19-7-6-10-24(20(19)2)30-35(32,33)25-17-21(11-12-23(25)28)26(31)29-18-27(13-15-34-16-14-27)22-8-4-3-5-9-22/h3-12,17,30H,13-16,18H2,1-2H3,(H,29,31). The molecule has 3 aromatic carbocycles. The van der Waals surface area contributed by atoms with Crippen LogP contribution in [0.3, 0.4) is 0 Å². The van der Waals surface area contributed by atoms with Crippen molar-refractivity contribution >= 4 is 33.2 Å². The smallest absolute Gasteiger partial charge is 0.263 e. The van der Waals surface area contributed by atoms with Crippen molar-refractivity contribution in [1.29, 1.82) is 0 Å². The summed E-state index contributed by atoms with van der Waals surface area (Å²) in [6.07, 6.45) is 1.58. The molecule has 1 amide bonds. The van der Waals surface area contributed by atoms with Gasteiger partial charge in [-0.25, -0.2) is 8.42 Å². The molecule has 0 radical (unpaired) electrons. The maximum absolute atomic E-state index is 13.2. The Morgan fingerprint density at radius 1 is 1.00 bits per heavy atom. The first kappa shape index (κ1) is 25.2. The minimum atomic E-state index is -4.01. The van der Waals surface area contributed by atoms with Gasteiger partial charge in [-0.15, -0.1) is 0 Å². The molecule has 0 atom stereocenters. The highest BCUT2D eigenvalue weighted by atomic mass is 35.5. The zero-order valence-electron chi connectivity index (χ0n) is 19.8.